The Balaban J connectivity index is 1.54. The summed E-state index contributed by atoms with van der Waals surface area (Å²) in [6.45, 7) is 19.1. The molecule has 2 aliphatic heterocycles. The lowest BCUT2D eigenvalue weighted by Gasteiger charge is -2.55. The molecule has 0 spiro atoms. The molecule has 42 heavy (non-hydrogen) atoms. The average molecular weight is 578 g/mol. The topological polar surface area (TPSA) is 94.2 Å². The highest BCUT2D eigenvalue weighted by atomic mass is 16.7. The Bertz CT molecular complexity index is 1320. The number of amides is 1. The van der Waals surface area contributed by atoms with Gasteiger partial charge in [0.2, 0.25) is 11.3 Å². The molecule has 1 N–H and O–H groups in total. The maximum Gasteiger partial charge on any atom is 0.304 e. The summed E-state index contributed by atoms with van der Waals surface area (Å²) in [4.78, 5) is 41.0. The number of ether oxygens (including phenoxy) is 3. The van der Waals surface area contributed by atoms with Crippen molar-refractivity contribution in [2.75, 3.05) is 7.11 Å². The molecule has 1 aromatic rings. The van der Waals surface area contributed by atoms with Gasteiger partial charge >= 0.3 is 5.97 Å². The van der Waals surface area contributed by atoms with E-state index < -0.39 is 40.6 Å². The standard InChI is InChI=1S/C35H47NO6/c1-10-32(7)18-22(4)23(5)33(8)17-20(2)15-21(3)27(33)16-28(32)29(38)35-30(42-35)34(36-31(35)39,41-24(6)37)19-25-11-13-26(40-9)14-12-25/h10-14,18,20-21,23,27-28,30H,1,15-17,19H2,2-9H3,(H,36,39)/b22-18-. The summed E-state index contributed by atoms with van der Waals surface area (Å²) >= 11 is 0. The first kappa shape index (κ1) is 30.5. The molecule has 2 saturated heterocycles. The van der Waals surface area contributed by atoms with Crippen molar-refractivity contribution >= 4 is 17.7 Å². The molecule has 7 heteroatoms. The van der Waals surface area contributed by atoms with E-state index in [0.29, 0.717) is 29.9 Å². The molecule has 7 nitrogen and oxygen atoms in total. The molecule has 10 atom stereocenters. The number of epoxide rings is 1. The molecule has 1 amide bonds. The monoisotopic (exact) mass is 577 g/mol. The number of benzene rings is 1. The summed E-state index contributed by atoms with van der Waals surface area (Å²) in [7, 11) is 1.59. The number of hydrogen-bond acceptors (Lipinski definition) is 6. The molecule has 3 fully saturated rings. The number of morpholine rings is 1. The van der Waals surface area contributed by atoms with Gasteiger partial charge in [-0.2, -0.15) is 0 Å². The Hall–Kier alpha value is -2.93. The second-order valence-corrected chi connectivity index (χ2v) is 14.2. The second-order valence-electron chi connectivity index (χ2n) is 14.2. The number of esters is 1. The number of carbonyl (C=O) groups is 3. The third-order valence-electron chi connectivity index (χ3n) is 11.3. The van der Waals surface area contributed by atoms with Gasteiger partial charge in [-0.1, -0.05) is 64.5 Å². The molecule has 5 rings (SSSR count). The third kappa shape index (κ3) is 4.63. The van der Waals surface area contributed by atoms with Gasteiger partial charge < -0.3 is 19.5 Å². The van der Waals surface area contributed by atoms with E-state index in [0.717, 1.165) is 18.4 Å². The van der Waals surface area contributed by atoms with E-state index in [1.807, 2.05) is 30.3 Å². The molecule has 1 saturated carbocycles. The number of ketones is 1. The number of hydrogen-bond donors (Lipinski definition) is 1. The molecule has 4 aliphatic rings. The summed E-state index contributed by atoms with van der Waals surface area (Å²) in [5.41, 5.74) is -1.78. The highest BCUT2D eigenvalue weighted by Crippen LogP contribution is 2.60. The van der Waals surface area contributed by atoms with E-state index >= 15 is 0 Å². The normalized spacial score (nSPS) is 43.8. The van der Waals surface area contributed by atoms with Crippen molar-refractivity contribution in [3.63, 3.8) is 0 Å². The lowest BCUT2D eigenvalue weighted by Crippen LogP contribution is -2.53. The lowest BCUT2D eigenvalue weighted by atomic mass is 9.49. The molecule has 10 unspecified atom stereocenters. The third-order valence-corrected chi connectivity index (χ3v) is 11.3. The van der Waals surface area contributed by atoms with E-state index in [-0.39, 0.29) is 23.5 Å². The van der Waals surface area contributed by atoms with Crippen molar-refractivity contribution < 1.29 is 28.6 Å². The summed E-state index contributed by atoms with van der Waals surface area (Å²) in [5, 5.41) is 2.90. The number of fused-ring (bicyclic) bond motifs is 2. The van der Waals surface area contributed by atoms with Gasteiger partial charge in [-0.05, 0) is 73.0 Å². The van der Waals surface area contributed by atoms with Crippen LogP contribution in [0.2, 0.25) is 0 Å². The van der Waals surface area contributed by atoms with Crippen LogP contribution >= 0.6 is 0 Å². The Morgan fingerprint density at radius 2 is 1.81 bits per heavy atom. The summed E-state index contributed by atoms with van der Waals surface area (Å²) in [6.07, 6.45) is 6.17. The van der Waals surface area contributed by atoms with Crippen LogP contribution in [0.25, 0.3) is 0 Å². The Morgan fingerprint density at radius 3 is 2.38 bits per heavy atom. The first-order valence-corrected chi connectivity index (χ1v) is 15.4. The lowest BCUT2D eigenvalue weighted by molar-refractivity contribution is -0.165. The minimum atomic E-state index is -1.70. The van der Waals surface area contributed by atoms with Crippen LogP contribution in [0.1, 0.15) is 73.3 Å². The number of methoxy groups -OCH3 is 1. The fourth-order valence-corrected chi connectivity index (χ4v) is 8.98. The van der Waals surface area contributed by atoms with Gasteiger partial charge in [0.15, 0.2) is 11.9 Å². The first-order chi connectivity index (χ1) is 19.7. The number of rotatable bonds is 7. The van der Waals surface area contributed by atoms with Crippen LogP contribution in [0.3, 0.4) is 0 Å². The fraction of sp³-hybridized carbons (Fsp3) is 0.629. The van der Waals surface area contributed by atoms with E-state index in [2.05, 4.69) is 59.5 Å². The molecule has 1 aromatic carbocycles. The highest BCUT2D eigenvalue weighted by molar-refractivity contribution is 6.16. The van der Waals surface area contributed by atoms with Gasteiger partial charge in [0.1, 0.15) is 5.75 Å². The predicted molar refractivity (Wildman–Crippen MR) is 160 cm³/mol. The highest BCUT2D eigenvalue weighted by Gasteiger charge is 2.83. The molecule has 228 valence electrons. The predicted octanol–water partition coefficient (Wildman–Crippen LogP) is 5.82. The summed E-state index contributed by atoms with van der Waals surface area (Å²) in [6, 6.07) is 7.32. The number of nitrogens with one attached hydrogen (secondary N) is 1. The largest absolute Gasteiger partial charge is 0.497 e. The average Bonchev–Trinajstić information content (AvgIpc) is 3.65. The van der Waals surface area contributed by atoms with Crippen molar-refractivity contribution in [1.82, 2.24) is 5.32 Å². The zero-order chi connectivity index (χ0) is 30.8. The van der Waals surface area contributed by atoms with Crippen LogP contribution in [0, 0.1) is 40.4 Å². The summed E-state index contributed by atoms with van der Waals surface area (Å²) in [5.74, 6) is 0.488. The minimum absolute atomic E-state index is 0.0218. The second kappa shape index (κ2) is 10.4. The van der Waals surface area contributed by atoms with Crippen LogP contribution < -0.4 is 10.1 Å². The van der Waals surface area contributed by atoms with Crippen LogP contribution in [-0.2, 0) is 30.3 Å². The van der Waals surface area contributed by atoms with Crippen molar-refractivity contribution in [3.05, 3.63) is 54.1 Å². The number of carbonyl (C=O) groups excluding carboxylic acids is 3. The Labute approximate surface area is 250 Å². The quantitative estimate of drug-likeness (QED) is 0.190. The van der Waals surface area contributed by atoms with E-state index in [1.54, 1.807) is 7.11 Å². The van der Waals surface area contributed by atoms with Crippen LogP contribution in [0.15, 0.2) is 48.6 Å². The van der Waals surface area contributed by atoms with Crippen molar-refractivity contribution in [2.24, 2.45) is 40.4 Å². The van der Waals surface area contributed by atoms with E-state index in [9.17, 15) is 14.4 Å². The molecule has 0 radical (unpaired) electrons. The maximum atomic E-state index is 14.8. The van der Waals surface area contributed by atoms with Crippen molar-refractivity contribution in [3.8, 4) is 5.75 Å². The van der Waals surface area contributed by atoms with Gasteiger partial charge in [-0.25, -0.2) is 0 Å². The van der Waals surface area contributed by atoms with Crippen LogP contribution in [0.5, 0.6) is 5.75 Å². The fourth-order valence-electron chi connectivity index (χ4n) is 8.98. The van der Waals surface area contributed by atoms with E-state index in [4.69, 9.17) is 14.2 Å². The number of Topliss-reactive ketones (excluding diaryl/α,β-unsaturated/α-hetero) is 1. The zero-order valence-electron chi connectivity index (χ0n) is 26.4. The Morgan fingerprint density at radius 1 is 1.14 bits per heavy atom. The van der Waals surface area contributed by atoms with Gasteiger partial charge in [-0.3, -0.25) is 14.4 Å². The minimum Gasteiger partial charge on any atom is -0.497 e. The molecule has 2 heterocycles. The van der Waals surface area contributed by atoms with Gasteiger partial charge in [0.25, 0.3) is 5.91 Å². The smallest absolute Gasteiger partial charge is 0.304 e. The first-order valence-electron chi connectivity index (χ1n) is 15.4. The molecule has 0 aromatic heterocycles. The van der Waals surface area contributed by atoms with Crippen LogP contribution in [0.4, 0.5) is 0 Å². The van der Waals surface area contributed by atoms with Crippen molar-refractivity contribution in [1.29, 1.82) is 0 Å². The van der Waals surface area contributed by atoms with Crippen molar-refractivity contribution in [2.45, 2.75) is 91.6 Å². The van der Waals surface area contributed by atoms with E-state index in [1.165, 1.54) is 12.5 Å². The zero-order valence-corrected chi connectivity index (χ0v) is 26.4. The van der Waals surface area contributed by atoms with Gasteiger partial charge in [0, 0.05) is 24.7 Å². The number of allylic oxidation sites excluding steroid dienone is 3. The Kier molecular flexibility index (Phi) is 7.53. The molecule has 0 bridgehead atoms. The molecule has 2 aliphatic carbocycles. The van der Waals surface area contributed by atoms with Gasteiger partial charge in [-0.15, -0.1) is 6.58 Å². The van der Waals surface area contributed by atoms with Crippen LogP contribution in [-0.4, -0.2) is 42.2 Å². The summed E-state index contributed by atoms with van der Waals surface area (Å²) < 4.78 is 17.2. The SMILES string of the molecule is C=CC1(C)/C=C(/C)C(C)C2(C)CC(C)CC(C)C2CC1C(=O)C12OC1C(Cc1ccc(OC)cc1)(OC(C)=O)NC2=O. The maximum absolute atomic E-state index is 14.8. The van der Waals surface area contributed by atoms with Gasteiger partial charge in [0.05, 0.1) is 7.11 Å². The molecular weight excluding hydrogens is 530 g/mol. The molecular formula is C35H47NO6.